The molecule has 0 bridgehead atoms. The van der Waals surface area contributed by atoms with Crippen molar-refractivity contribution in [3.8, 4) is 0 Å². The van der Waals surface area contributed by atoms with Gasteiger partial charge in [-0.2, -0.15) is 0 Å². The smallest absolute Gasteiger partial charge is 0.178 e. The molecule has 2 nitrogen and oxygen atoms in total. The lowest BCUT2D eigenvalue weighted by Crippen LogP contribution is -2.04. The highest BCUT2D eigenvalue weighted by atomic mass is 32.1. The Morgan fingerprint density at radius 1 is 1.56 bits per heavy atom. The molecule has 0 fully saturated rings. The molecule has 3 heteroatoms. The van der Waals surface area contributed by atoms with Crippen molar-refractivity contribution in [3.05, 3.63) is 41.2 Å². The molecule has 0 radical (unpaired) electrons. The first-order valence-electron chi connectivity index (χ1n) is 5.46. The summed E-state index contributed by atoms with van der Waals surface area (Å²) in [4.78, 5) is 3.25. The van der Waals surface area contributed by atoms with Gasteiger partial charge in [-0.05, 0) is 44.1 Å². The summed E-state index contributed by atoms with van der Waals surface area (Å²) >= 11 is 5.38. The van der Waals surface area contributed by atoms with E-state index in [-0.39, 0.29) is 0 Å². The number of nitrogens with zero attached hydrogens (tertiary/aromatic N) is 1. The molecule has 0 saturated carbocycles. The third-order valence-corrected chi connectivity index (χ3v) is 3.19. The van der Waals surface area contributed by atoms with Crippen molar-refractivity contribution >= 4 is 23.3 Å². The number of aromatic nitrogens is 2. The molecule has 1 N–H and O–H groups in total. The highest BCUT2D eigenvalue weighted by Gasteiger charge is 2.11. The van der Waals surface area contributed by atoms with Crippen LogP contribution in [0.4, 0.5) is 0 Å². The van der Waals surface area contributed by atoms with E-state index in [0.29, 0.717) is 6.04 Å². The van der Waals surface area contributed by atoms with E-state index >= 15 is 0 Å². The predicted octanol–water partition coefficient (Wildman–Crippen LogP) is 4.14. The van der Waals surface area contributed by atoms with Gasteiger partial charge in [-0.15, -0.1) is 6.58 Å². The summed E-state index contributed by atoms with van der Waals surface area (Å²) in [5.41, 5.74) is 3.57. The third-order valence-electron chi connectivity index (χ3n) is 2.89. The number of fused-ring (bicyclic) bond motifs is 1. The summed E-state index contributed by atoms with van der Waals surface area (Å²) in [6, 6.07) is 6.57. The van der Waals surface area contributed by atoms with Crippen LogP contribution in [-0.2, 0) is 0 Å². The molecule has 0 aliphatic carbocycles. The zero-order chi connectivity index (χ0) is 11.7. The minimum absolute atomic E-state index is 0.347. The van der Waals surface area contributed by atoms with Gasteiger partial charge in [-0.3, -0.25) is 0 Å². The molecule has 1 atom stereocenters. The summed E-state index contributed by atoms with van der Waals surface area (Å²) in [5.74, 6) is 0. The monoisotopic (exact) mass is 232 g/mol. The number of para-hydroxylation sites is 1. The van der Waals surface area contributed by atoms with E-state index in [9.17, 15) is 0 Å². The number of aryl methyl sites for hydroxylation is 1. The zero-order valence-electron chi connectivity index (χ0n) is 9.66. The molecule has 84 valence electrons. The molecule has 2 rings (SSSR count). The number of benzene rings is 1. The number of rotatable bonds is 3. The fraction of sp³-hybridized carbons (Fsp3) is 0.308. The summed E-state index contributed by atoms with van der Waals surface area (Å²) in [6.07, 6.45) is 2.86. The second-order valence-corrected chi connectivity index (χ2v) is 4.53. The summed E-state index contributed by atoms with van der Waals surface area (Å²) < 4.78 is 2.97. The minimum atomic E-state index is 0.347. The van der Waals surface area contributed by atoms with Crippen LogP contribution >= 0.6 is 12.2 Å². The first-order chi connectivity index (χ1) is 7.65. The van der Waals surface area contributed by atoms with Gasteiger partial charge in [-0.1, -0.05) is 18.2 Å². The number of nitrogens with one attached hydrogen (secondary N) is 1. The van der Waals surface area contributed by atoms with Crippen LogP contribution in [0.2, 0.25) is 0 Å². The Balaban J connectivity index is 2.72. The van der Waals surface area contributed by atoms with Gasteiger partial charge in [0, 0.05) is 6.04 Å². The molecular formula is C13H16N2S. The second kappa shape index (κ2) is 4.26. The molecule has 16 heavy (non-hydrogen) atoms. The fourth-order valence-corrected chi connectivity index (χ4v) is 2.50. The highest BCUT2D eigenvalue weighted by Crippen LogP contribution is 2.23. The van der Waals surface area contributed by atoms with Gasteiger partial charge >= 0.3 is 0 Å². The summed E-state index contributed by atoms with van der Waals surface area (Å²) in [6.45, 7) is 8.06. The SMILES string of the molecule is C=CCC(C)n1c(=S)[nH]c2cccc(C)c21. The van der Waals surface area contributed by atoms with Crippen molar-refractivity contribution in [3.63, 3.8) is 0 Å². The van der Waals surface area contributed by atoms with Crippen LogP contribution in [0.5, 0.6) is 0 Å². The lowest BCUT2D eigenvalue weighted by atomic mass is 10.1. The van der Waals surface area contributed by atoms with Crippen LogP contribution in [0.15, 0.2) is 30.9 Å². The standard InChI is InChI=1S/C13H16N2S/c1-4-6-10(3)15-12-9(2)7-5-8-11(12)14-13(15)16/h4-5,7-8,10H,1,6H2,2-3H3,(H,14,16). The number of imidazole rings is 1. The summed E-state index contributed by atoms with van der Waals surface area (Å²) in [5, 5.41) is 0. The summed E-state index contributed by atoms with van der Waals surface area (Å²) in [7, 11) is 0. The maximum atomic E-state index is 5.38. The predicted molar refractivity (Wildman–Crippen MR) is 71.4 cm³/mol. The van der Waals surface area contributed by atoms with E-state index in [1.165, 1.54) is 11.1 Å². The zero-order valence-corrected chi connectivity index (χ0v) is 10.5. The largest absolute Gasteiger partial charge is 0.331 e. The molecule has 0 amide bonds. The van der Waals surface area contributed by atoms with Crippen LogP contribution < -0.4 is 0 Å². The van der Waals surface area contributed by atoms with E-state index in [2.05, 4.69) is 42.1 Å². The van der Waals surface area contributed by atoms with E-state index in [4.69, 9.17) is 12.2 Å². The van der Waals surface area contributed by atoms with E-state index in [1.54, 1.807) is 0 Å². The van der Waals surface area contributed by atoms with Gasteiger partial charge in [0.25, 0.3) is 0 Å². The average molecular weight is 232 g/mol. The first-order valence-corrected chi connectivity index (χ1v) is 5.86. The van der Waals surface area contributed by atoms with Crippen LogP contribution in [0.3, 0.4) is 0 Å². The van der Waals surface area contributed by atoms with Crippen LogP contribution in [0, 0.1) is 11.7 Å². The Hall–Kier alpha value is -1.35. The van der Waals surface area contributed by atoms with Gasteiger partial charge in [0.2, 0.25) is 0 Å². The van der Waals surface area contributed by atoms with Gasteiger partial charge in [-0.25, -0.2) is 0 Å². The normalized spacial score (nSPS) is 12.9. The molecule has 0 aliphatic rings. The molecule has 1 aromatic carbocycles. The third kappa shape index (κ3) is 1.71. The van der Waals surface area contributed by atoms with Gasteiger partial charge < -0.3 is 9.55 Å². The van der Waals surface area contributed by atoms with Crippen LogP contribution in [0.1, 0.15) is 24.9 Å². The Labute approximate surface area is 101 Å². The van der Waals surface area contributed by atoms with Gasteiger partial charge in [0.1, 0.15) is 0 Å². The highest BCUT2D eigenvalue weighted by molar-refractivity contribution is 7.71. The van der Waals surface area contributed by atoms with Crippen LogP contribution in [0.25, 0.3) is 11.0 Å². The molecule has 1 aromatic heterocycles. The number of hydrogen-bond donors (Lipinski definition) is 1. The Kier molecular flexibility index (Phi) is 2.97. The van der Waals surface area contributed by atoms with Crippen LogP contribution in [-0.4, -0.2) is 9.55 Å². The van der Waals surface area contributed by atoms with E-state index in [1.807, 2.05) is 12.1 Å². The van der Waals surface area contributed by atoms with E-state index in [0.717, 1.165) is 16.7 Å². The fourth-order valence-electron chi connectivity index (χ4n) is 2.12. The maximum Gasteiger partial charge on any atom is 0.178 e. The van der Waals surface area contributed by atoms with Crippen molar-refractivity contribution in [2.45, 2.75) is 26.3 Å². The molecular weight excluding hydrogens is 216 g/mol. The number of allylic oxidation sites excluding steroid dienone is 1. The van der Waals surface area contributed by atoms with Crippen molar-refractivity contribution in [1.82, 2.24) is 9.55 Å². The van der Waals surface area contributed by atoms with E-state index < -0.39 is 0 Å². The topological polar surface area (TPSA) is 20.7 Å². The second-order valence-electron chi connectivity index (χ2n) is 4.14. The average Bonchev–Trinajstić information content (AvgIpc) is 2.56. The lowest BCUT2D eigenvalue weighted by molar-refractivity contribution is 0.563. The van der Waals surface area contributed by atoms with Gasteiger partial charge in [0.05, 0.1) is 11.0 Å². The van der Waals surface area contributed by atoms with Crippen molar-refractivity contribution in [1.29, 1.82) is 0 Å². The Morgan fingerprint density at radius 2 is 2.31 bits per heavy atom. The number of hydrogen-bond acceptors (Lipinski definition) is 1. The molecule has 1 heterocycles. The molecule has 1 unspecified atom stereocenters. The Bertz CT molecular complexity index is 577. The maximum absolute atomic E-state index is 5.38. The lowest BCUT2D eigenvalue weighted by Gasteiger charge is -2.13. The minimum Gasteiger partial charge on any atom is -0.331 e. The first kappa shape index (κ1) is 11.1. The Morgan fingerprint density at radius 3 is 3.00 bits per heavy atom. The van der Waals surface area contributed by atoms with Gasteiger partial charge in [0.15, 0.2) is 4.77 Å². The molecule has 2 aromatic rings. The van der Waals surface area contributed by atoms with Crippen molar-refractivity contribution in [2.75, 3.05) is 0 Å². The molecule has 0 aliphatic heterocycles. The molecule has 0 saturated heterocycles. The quantitative estimate of drug-likeness (QED) is 0.623. The molecule has 0 spiro atoms. The van der Waals surface area contributed by atoms with Crippen molar-refractivity contribution < 1.29 is 0 Å². The number of aromatic amines is 1. The van der Waals surface area contributed by atoms with Crippen molar-refractivity contribution in [2.24, 2.45) is 0 Å². The number of H-pyrrole nitrogens is 1.